The maximum absolute atomic E-state index is 9.06. The van der Waals surface area contributed by atoms with E-state index >= 15 is 0 Å². The third-order valence-electron chi connectivity index (χ3n) is 10.5. The number of fused-ring (bicyclic) bond motifs is 9. The van der Waals surface area contributed by atoms with Crippen molar-refractivity contribution in [2.24, 2.45) is 4.99 Å². The van der Waals surface area contributed by atoms with E-state index in [-0.39, 0.29) is 5.84 Å². The lowest BCUT2D eigenvalue weighted by Gasteiger charge is -2.39. The van der Waals surface area contributed by atoms with Gasteiger partial charge in [-0.05, 0) is 69.3 Å². The number of nitrogens with one attached hydrogen (secondary N) is 2. The van der Waals surface area contributed by atoms with Gasteiger partial charge in [0.2, 0.25) is 0 Å². The van der Waals surface area contributed by atoms with Crippen LogP contribution >= 0.6 is 0 Å². The zero-order chi connectivity index (χ0) is 35.4. The van der Waals surface area contributed by atoms with Crippen LogP contribution < -0.4 is 10.2 Å². The zero-order valence-electron chi connectivity index (χ0n) is 28.6. The summed E-state index contributed by atoms with van der Waals surface area (Å²) in [4.78, 5) is 13.1. The first-order valence-electron chi connectivity index (χ1n) is 17.7. The zero-order valence-corrected chi connectivity index (χ0v) is 28.6. The van der Waals surface area contributed by atoms with Crippen LogP contribution in [0.25, 0.3) is 44.6 Å². The number of aromatic amines is 1. The Morgan fingerprint density at radius 3 is 1.85 bits per heavy atom. The first-order chi connectivity index (χ1) is 26.2. The number of H-pyrrole nitrogens is 1. The van der Waals surface area contributed by atoms with Crippen molar-refractivity contribution in [2.75, 3.05) is 0 Å². The van der Waals surface area contributed by atoms with Crippen molar-refractivity contribution in [2.45, 2.75) is 5.41 Å². The molecule has 6 aromatic carbocycles. The summed E-state index contributed by atoms with van der Waals surface area (Å²) in [6.45, 7) is 0. The summed E-state index contributed by atoms with van der Waals surface area (Å²) >= 11 is 0. The molecule has 10 rings (SSSR count). The number of rotatable bonds is 4. The number of amidine groups is 1. The third kappa shape index (κ3) is 4.89. The molecule has 53 heavy (non-hydrogen) atoms. The average molecular weight is 681 g/mol. The van der Waals surface area contributed by atoms with Gasteiger partial charge in [0.25, 0.3) is 0 Å². The fourth-order valence-electron chi connectivity index (χ4n) is 8.10. The van der Waals surface area contributed by atoms with Crippen LogP contribution in [0.1, 0.15) is 27.8 Å². The Bertz CT molecular complexity index is 2720. The van der Waals surface area contributed by atoms with Crippen molar-refractivity contribution in [1.82, 2.24) is 9.97 Å². The molecule has 0 bridgehead atoms. The Labute approximate surface area is 307 Å². The number of hydrogen-bond donors (Lipinski definition) is 2. The van der Waals surface area contributed by atoms with Gasteiger partial charge in [0.15, 0.2) is 5.84 Å². The number of para-hydroxylation sites is 2. The van der Waals surface area contributed by atoms with E-state index in [0.29, 0.717) is 5.49 Å². The molecular formula is C48H32N4O. The molecule has 1 spiro atoms. The number of pyridine rings is 2. The quantitative estimate of drug-likeness (QED) is 0.143. The summed E-state index contributed by atoms with van der Waals surface area (Å²) in [5.74, 6) is 1.89. The second kappa shape index (κ2) is 12.3. The normalized spacial score (nSPS) is 13.4. The van der Waals surface area contributed by atoms with Gasteiger partial charge < -0.3 is 9.72 Å². The predicted octanol–water partition coefficient (Wildman–Crippen LogP) is 10.8. The van der Waals surface area contributed by atoms with E-state index in [1.54, 1.807) is 0 Å². The smallest absolute Gasteiger partial charge is 0.154 e. The molecule has 0 fully saturated rings. The van der Waals surface area contributed by atoms with Gasteiger partial charge in [-0.2, -0.15) is 0 Å². The van der Waals surface area contributed by atoms with Crippen LogP contribution in [0.4, 0.5) is 0 Å². The van der Waals surface area contributed by atoms with Gasteiger partial charge in [-0.1, -0.05) is 140 Å². The third-order valence-corrected chi connectivity index (χ3v) is 10.5. The van der Waals surface area contributed by atoms with Crippen LogP contribution in [0.5, 0.6) is 11.5 Å². The van der Waals surface area contributed by atoms with Gasteiger partial charge in [-0.25, -0.2) is 4.99 Å². The van der Waals surface area contributed by atoms with Gasteiger partial charge in [-0.15, -0.1) is 0 Å². The van der Waals surface area contributed by atoms with E-state index in [2.05, 4.69) is 108 Å². The Kier molecular flexibility index (Phi) is 7.12. The van der Waals surface area contributed by atoms with Crippen LogP contribution in [-0.4, -0.2) is 15.8 Å². The highest BCUT2D eigenvalue weighted by Crippen LogP contribution is 2.61. The molecular weight excluding hydrogens is 649 g/mol. The molecule has 0 saturated carbocycles. The molecule has 2 aromatic heterocycles. The molecule has 2 aliphatic rings. The Hall–Kier alpha value is -7.11. The molecule has 5 nitrogen and oxygen atoms in total. The molecule has 8 aromatic rings. The van der Waals surface area contributed by atoms with Crippen LogP contribution in [0, 0.1) is 5.41 Å². The van der Waals surface area contributed by atoms with Gasteiger partial charge in [-0.3, -0.25) is 10.4 Å². The van der Waals surface area contributed by atoms with E-state index < -0.39 is 5.41 Å². The molecule has 0 atom stereocenters. The summed E-state index contributed by atoms with van der Waals surface area (Å²) < 4.78 is 6.49. The Morgan fingerprint density at radius 1 is 0.528 bits per heavy atom. The van der Waals surface area contributed by atoms with Crippen molar-refractivity contribution in [1.29, 1.82) is 5.41 Å². The highest BCUT2D eigenvalue weighted by molar-refractivity contribution is 5.98. The van der Waals surface area contributed by atoms with E-state index in [1.165, 1.54) is 5.56 Å². The number of nitrogens with zero attached hydrogens (tertiary/aromatic N) is 2. The molecule has 0 amide bonds. The minimum Gasteiger partial charge on any atom is -0.457 e. The molecule has 0 radical (unpaired) electrons. The lowest BCUT2D eigenvalue weighted by Crippen LogP contribution is -2.32. The first-order valence-corrected chi connectivity index (χ1v) is 17.7. The molecule has 3 heterocycles. The van der Waals surface area contributed by atoms with Gasteiger partial charge >= 0.3 is 0 Å². The summed E-state index contributed by atoms with van der Waals surface area (Å²) in [7, 11) is 0. The molecule has 5 heteroatoms. The molecule has 2 N–H and O–H groups in total. The van der Waals surface area contributed by atoms with Gasteiger partial charge in [0, 0.05) is 40.2 Å². The molecule has 1 aliphatic carbocycles. The van der Waals surface area contributed by atoms with E-state index in [0.717, 1.165) is 78.4 Å². The maximum atomic E-state index is 9.06. The SMILES string of the molecule is N=C(/N=c1\[nH]cc(-c2ccccc2)cc1-c1ccccc1)c1ccc(-c2ccc3c(c2)C2(c4ccccc4Oc4ccccc42)c2cccnc2-3)cc1. The second-order valence-corrected chi connectivity index (χ2v) is 13.4. The summed E-state index contributed by atoms with van der Waals surface area (Å²) in [6.07, 6.45) is 3.84. The first kappa shape index (κ1) is 30.7. The largest absolute Gasteiger partial charge is 0.457 e. The molecule has 0 unspecified atom stereocenters. The predicted molar refractivity (Wildman–Crippen MR) is 211 cm³/mol. The van der Waals surface area contributed by atoms with E-state index in [4.69, 9.17) is 20.1 Å². The Morgan fingerprint density at radius 2 is 1.13 bits per heavy atom. The fourth-order valence-corrected chi connectivity index (χ4v) is 8.10. The Balaban J connectivity index is 1.05. The number of benzene rings is 6. The monoisotopic (exact) mass is 680 g/mol. The molecule has 1 aliphatic heterocycles. The number of aromatic nitrogens is 2. The average Bonchev–Trinajstić information content (AvgIpc) is 3.51. The van der Waals surface area contributed by atoms with Crippen LogP contribution in [-0.2, 0) is 5.41 Å². The standard InChI is InChI=1S/C48H32N4O/c49-46(52-47-38(33-14-5-2-6-15-33)28-36(30-51-47)31-12-3-1-4-13-31)34-23-21-32(22-24-34)35-25-26-37-42(29-35)48(41-18-11-27-50-45(37)41)39-16-7-9-19-43(39)53-44-20-10-8-17-40(44)48/h1-30H,(H2,49,51,52). The van der Waals surface area contributed by atoms with Crippen LogP contribution in [0.15, 0.2) is 187 Å². The van der Waals surface area contributed by atoms with Crippen LogP contribution in [0.2, 0.25) is 0 Å². The van der Waals surface area contributed by atoms with Crippen molar-refractivity contribution < 1.29 is 4.74 Å². The number of ether oxygens (including phenoxy) is 1. The number of hydrogen-bond acceptors (Lipinski definition) is 3. The minimum absolute atomic E-state index is 0.183. The summed E-state index contributed by atoms with van der Waals surface area (Å²) in [5.41, 5.74) is 13.7. The lowest BCUT2D eigenvalue weighted by molar-refractivity contribution is 0.436. The second-order valence-electron chi connectivity index (χ2n) is 13.4. The fraction of sp³-hybridized carbons (Fsp3) is 0.0208. The summed E-state index contributed by atoms with van der Waals surface area (Å²) in [6, 6.07) is 58.4. The highest BCUT2D eigenvalue weighted by Gasteiger charge is 2.51. The van der Waals surface area contributed by atoms with Gasteiger partial charge in [0.05, 0.1) is 11.1 Å². The minimum atomic E-state index is -0.579. The van der Waals surface area contributed by atoms with Crippen molar-refractivity contribution in [3.05, 3.63) is 216 Å². The lowest BCUT2D eigenvalue weighted by atomic mass is 9.66. The van der Waals surface area contributed by atoms with Crippen molar-refractivity contribution >= 4 is 5.84 Å². The van der Waals surface area contributed by atoms with Crippen molar-refractivity contribution in [3.63, 3.8) is 0 Å². The highest BCUT2D eigenvalue weighted by atomic mass is 16.5. The summed E-state index contributed by atoms with van der Waals surface area (Å²) in [5, 5.41) is 9.06. The molecule has 0 saturated heterocycles. The van der Waals surface area contributed by atoms with E-state index in [9.17, 15) is 0 Å². The maximum Gasteiger partial charge on any atom is 0.154 e. The molecule has 250 valence electrons. The topological polar surface area (TPSA) is 74.1 Å². The van der Waals surface area contributed by atoms with E-state index in [1.807, 2.05) is 79.1 Å². The van der Waals surface area contributed by atoms with Gasteiger partial charge in [0.1, 0.15) is 17.0 Å². The van der Waals surface area contributed by atoms with Crippen LogP contribution in [0.3, 0.4) is 0 Å². The van der Waals surface area contributed by atoms with Crippen molar-refractivity contribution in [3.8, 4) is 56.1 Å².